The topological polar surface area (TPSA) is 32.7 Å². The molecule has 1 aliphatic rings. The van der Waals surface area contributed by atoms with Gasteiger partial charge in [0.25, 0.3) is 0 Å². The maximum atomic E-state index is 9.52. The molecule has 17 heavy (non-hydrogen) atoms. The fourth-order valence-corrected chi connectivity index (χ4v) is 2.87. The largest absolute Gasteiger partial charge is 0.396 e. The van der Waals surface area contributed by atoms with Crippen molar-refractivity contribution < 1.29 is 9.84 Å². The second-order valence-electron chi connectivity index (χ2n) is 7.09. The van der Waals surface area contributed by atoms with Crippen LogP contribution < -0.4 is 0 Å². The van der Waals surface area contributed by atoms with Gasteiger partial charge < -0.3 is 9.84 Å². The Labute approximate surface area is 106 Å². The first-order valence-electron chi connectivity index (χ1n) is 6.65. The summed E-state index contributed by atoms with van der Waals surface area (Å²) in [4.78, 5) is 2.43. The lowest BCUT2D eigenvalue weighted by Crippen LogP contribution is -2.59. The van der Waals surface area contributed by atoms with Crippen LogP contribution in [0.5, 0.6) is 0 Å². The normalized spacial score (nSPS) is 27.7. The predicted molar refractivity (Wildman–Crippen MR) is 71.2 cm³/mol. The monoisotopic (exact) mass is 243 g/mol. The van der Waals surface area contributed by atoms with Gasteiger partial charge in [0.2, 0.25) is 0 Å². The summed E-state index contributed by atoms with van der Waals surface area (Å²) in [6.45, 7) is 15.9. The van der Waals surface area contributed by atoms with E-state index in [0.29, 0.717) is 0 Å². The Bertz CT molecular complexity index is 241. The minimum atomic E-state index is -0.105. The Morgan fingerprint density at radius 1 is 1.18 bits per heavy atom. The highest BCUT2D eigenvalue weighted by atomic mass is 16.5. The fourth-order valence-electron chi connectivity index (χ4n) is 2.87. The molecule has 102 valence electrons. The fraction of sp³-hybridized carbons (Fsp3) is 1.00. The van der Waals surface area contributed by atoms with Gasteiger partial charge in [0.05, 0.1) is 11.2 Å². The molecule has 0 aliphatic carbocycles. The number of aliphatic hydroxyl groups excluding tert-OH is 1. The number of nitrogens with zero attached hydrogens (tertiary/aromatic N) is 1. The average molecular weight is 243 g/mol. The van der Waals surface area contributed by atoms with E-state index >= 15 is 0 Å². The molecule has 1 aliphatic heterocycles. The maximum Gasteiger partial charge on any atom is 0.0760 e. The van der Waals surface area contributed by atoms with Crippen LogP contribution in [-0.2, 0) is 4.74 Å². The molecule has 3 nitrogen and oxygen atoms in total. The van der Waals surface area contributed by atoms with Crippen molar-refractivity contribution in [3.05, 3.63) is 0 Å². The van der Waals surface area contributed by atoms with Crippen molar-refractivity contribution in [3.8, 4) is 0 Å². The summed E-state index contributed by atoms with van der Waals surface area (Å²) in [5.41, 5.74) is -0.207. The summed E-state index contributed by atoms with van der Waals surface area (Å²) in [5, 5.41) is 9.52. The van der Waals surface area contributed by atoms with Gasteiger partial charge >= 0.3 is 0 Å². The van der Waals surface area contributed by atoms with Crippen molar-refractivity contribution in [2.45, 2.75) is 59.2 Å². The molecule has 3 heteroatoms. The van der Waals surface area contributed by atoms with Gasteiger partial charge in [-0.1, -0.05) is 13.8 Å². The van der Waals surface area contributed by atoms with Crippen LogP contribution in [0.4, 0.5) is 0 Å². The van der Waals surface area contributed by atoms with Crippen molar-refractivity contribution in [1.82, 2.24) is 4.90 Å². The first-order chi connectivity index (χ1) is 7.61. The molecule has 1 heterocycles. The van der Waals surface area contributed by atoms with E-state index < -0.39 is 0 Å². The van der Waals surface area contributed by atoms with Crippen LogP contribution in [0, 0.1) is 5.41 Å². The first kappa shape index (κ1) is 14.9. The molecule has 0 saturated carbocycles. The lowest BCUT2D eigenvalue weighted by Gasteiger charge is -2.49. The lowest BCUT2D eigenvalue weighted by atomic mass is 9.86. The molecule has 1 atom stereocenters. The lowest BCUT2D eigenvalue weighted by molar-refractivity contribution is -0.185. The van der Waals surface area contributed by atoms with Gasteiger partial charge in [0, 0.05) is 31.7 Å². The Kier molecular flexibility index (Phi) is 4.28. The molecule has 0 bridgehead atoms. The summed E-state index contributed by atoms with van der Waals surface area (Å²) in [7, 11) is 0. The molecule has 0 aromatic heterocycles. The number of hydrogen-bond donors (Lipinski definition) is 1. The van der Waals surface area contributed by atoms with E-state index in [9.17, 15) is 5.11 Å². The van der Waals surface area contributed by atoms with Crippen molar-refractivity contribution in [1.29, 1.82) is 0 Å². The highest BCUT2D eigenvalue weighted by Crippen LogP contribution is 2.31. The molecule has 1 saturated heterocycles. The second kappa shape index (κ2) is 4.87. The molecule has 1 N–H and O–H groups in total. The van der Waals surface area contributed by atoms with E-state index in [2.05, 4.69) is 46.4 Å². The molecular weight excluding hydrogens is 214 g/mol. The molecule has 1 fully saturated rings. The molecule has 0 aromatic carbocycles. The Morgan fingerprint density at radius 2 is 1.65 bits per heavy atom. The van der Waals surface area contributed by atoms with Gasteiger partial charge in [0.15, 0.2) is 0 Å². The molecule has 0 radical (unpaired) electrons. The number of ether oxygens (including phenoxy) is 1. The molecule has 0 spiro atoms. The van der Waals surface area contributed by atoms with Gasteiger partial charge in [-0.2, -0.15) is 0 Å². The third-order valence-corrected chi connectivity index (χ3v) is 3.60. The Balaban J connectivity index is 2.71. The van der Waals surface area contributed by atoms with E-state index in [4.69, 9.17) is 4.74 Å². The molecular formula is C14H29NO2. The highest BCUT2D eigenvalue weighted by molar-refractivity contribution is 4.91. The van der Waals surface area contributed by atoms with E-state index in [1.165, 1.54) is 0 Å². The third kappa shape index (κ3) is 4.23. The van der Waals surface area contributed by atoms with Crippen LogP contribution in [-0.4, -0.2) is 47.4 Å². The van der Waals surface area contributed by atoms with E-state index in [-0.39, 0.29) is 23.2 Å². The zero-order valence-corrected chi connectivity index (χ0v) is 12.3. The van der Waals surface area contributed by atoms with Crippen LogP contribution in [0.2, 0.25) is 0 Å². The molecule has 1 unspecified atom stereocenters. The summed E-state index contributed by atoms with van der Waals surface area (Å²) in [6.07, 6.45) is 1.00. The first-order valence-corrected chi connectivity index (χ1v) is 6.65. The predicted octanol–water partition coefficient (Wildman–Crippen LogP) is 2.28. The minimum absolute atomic E-state index is 0.00347. The van der Waals surface area contributed by atoms with Gasteiger partial charge in [-0.15, -0.1) is 0 Å². The van der Waals surface area contributed by atoms with Gasteiger partial charge in [-0.25, -0.2) is 0 Å². The Hall–Kier alpha value is -0.120. The molecule has 0 amide bonds. The van der Waals surface area contributed by atoms with Gasteiger partial charge in [-0.05, 0) is 34.1 Å². The van der Waals surface area contributed by atoms with Crippen LogP contribution >= 0.6 is 0 Å². The SMILES string of the molecule is CCC(C)(CO)CN1CC(C)(C)OC(C)(C)C1. The standard InChI is InChI=1S/C14H29NO2/c1-7-14(6,11-16)10-15-8-12(2,3)17-13(4,5)9-15/h16H,7-11H2,1-6H3. The van der Waals surface area contributed by atoms with Crippen molar-refractivity contribution >= 4 is 0 Å². The third-order valence-electron chi connectivity index (χ3n) is 3.60. The van der Waals surface area contributed by atoms with Crippen LogP contribution in [0.25, 0.3) is 0 Å². The number of aliphatic hydroxyl groups is 1. The number of rotatable bonds is 4. The zero-order chi connectivity index (χ0) is 13.3. The van der Waals surface area contributed by atoms with Crippen LogP contribution in [0.1, 0.15) is 48.0 Å². The van der Waals surface area contributed by atoms with Crippen LogP contribution in [0.15, 0.2) is 0 Å². The maximum absolute atomic E-state index is 9.52. The van der Waals surface area contributed by atoms with Crippen molar-refractivity contribution in [2.24, 2.45) is 5.41 Å². The van der Waals surface area contributed by atoms with Crippen molar-refractivity contribution in [3.63, 3.8) is 0 Å². The average Bonchev–Trinajstić information content (AvgIpc) is 2.12. The minimum Gasteiger partial charge on any atom is -0.396 e. The quantitative estimate of drug-likeness (QED) is 0.822. The number of morpholine rings is 1. The van der Waals surface area contributed by atoms with Gasteiger partial charge in [-0.3, -0.25) is 4.90 Å². The van der Waals surface area contributed by atoms with E-state index in [0.717, 1.165) is 26.1 Å². The Morgan fingerprint density at radius 3 is 2.00 bits per heavy atom. The van der Waals surface area contributed by atoms with E-state index in [1.807, 2.05) is 0 Å². The molecule has 1 rings (SSSR count). The summed E-state index contributed by atoms with van der Waals surface area (Å²) in [5.74, 6) is 0. The van der Waals surface area contributed by atoms with Gasteiger partial charge in [0.1, 0.15) is 0 Å². The smallest absolute Gasteiger partial charge is 0.0760 e. The summed E-state index contributed by atoms with van der Waals surface area (Å²) in [6, 6.07) is 0. The second-order valence-corrected chi connectivity index (χ2v) is 7.09. The van der Waals surface area contributed by atoms with Crippen LogP contribution in [0.3, 0.4) is 0 Å². The summed E-state index contributed by atoms with van der Waals surface area (Å²) < 4.78 is 6.07. The zero-order valence-electron chi connectivity index (χ0n) is 12.3. The van der Waals surface area contributed by atoms with E-state index in [1.54, 1.807) is 0 Å². The highest BCUT2D eigenvalue weighted by Gasteiger charge is 2.39. The molecule has 0 aromatic rings. The number of hydrogen-bond acceptors (Lipinski definition) is 3. The summed E-state index contributed by atoms with van der Waals surface area (Å²) >= 11 is 0. The van der Waals surface area contributed by atoms with Crippen molar-refractivity contribution in [2.75, 3.05) is 26.2 Å².